The second-order valence-electron chi connectivity index (χ2n) is 12.2. The molecule has 1 spiro atoms. The van der Waals surface area contributed by atoms with E-state index in [-0.39, 0.29) is 23.4 Å². The van der Waals surface area contributed by atoms with Gasteiger partial charge in [0.1, 0.15) is 5.83 Å². The van der Waals surface area contributed by atoms with Crippen molar-refractivity contribution in [2.75, 3.05) is 11.9 Å². The number of nitrogens with one attached hydrogen (secondary N) is 1. The highest BCUT2D eigenvalue weighted by molar-refractivity contribution is 6.31. The number of halogens is 3. The lowest BCUT2D eigenvalue weighted by atomic mass is 9.61. The summed E-state index contributed by atoms with van der Waals surface area (Å²) in [5.74, 6) is -2.49. The molecule has 2 heterocycles. The molecule has 1 saturated heterocycles. The topological polar surface area (TPSA) is 78.6 Å². The quantitative estimate of drug-likeness (QED) is 0.565. The van der Waals surface area contributed by atoms with Crippen LogP contribution in [0.3, 0.4) is 0 Å². The first-order chi connectivity index (χ1) is 16.3. The first kappa shape index (κ1) is 24.9. The molecule has 35 heavy (non-hydrogen) atoms. The summed E-state index contributed by atoms with van der Waals surface area (Å²) in [6, 6.07) is 4.24. The molecule has 8 atom stereocenters. The summed E-state index contributed by atoms with van der Waals surface area (Å²) in [4.78, 5) is 16.2. The third-order valence-corrected chi connectivity index (χ3v) is 8.71. The van der Waals surface area contributed by atoms with Gasteiger partial charge in [-0.1, -0.05) is 50.6 Å². The number of benzene rings is 1. The fraction of sp³-hybridized carbons (Fsp3) is 0.593. The Kier molecular flexibility index (Phi) is 5.76. The zero-order valence-corrected chi connectivity index (χ0v) is 21.3. The van der Waals surface area contributed by atoms with E-state index in [4.69, 9.17) is 17.3 Å². The van der Waals surface area contributed by atoms with Crippen LogP contribution in [0.1, 0.15) is 46.1 Å². The summed E-state index contributed by atoms with van der Waals surface area (Å²) < 4.78 is 30.0. The summed E-state index contributed by atoms with van der Waals surface area (Å²) in [7, 11) is 0. The fourth-order valence-corrected chi connectivity index (χ4v) is 7.40. The SMILES string of the molecule is CC(C)(C)C[C@H]1N(C2[C@@H](N)C[C@@]2(C)O)C[C@H](C2C=CC=C(F)C2F)[C@@]12C(=O)Nc1cc(Cl)ccc12. The van der Waals surface area contributed by atoms with Crippen molar-refractivity contribution in [3.05, 3.63) is 52.8 Å². The minimum absolute atomic E-state index is 0.192. The molecule has 4 N–H and O–H groups in total. The van der Waals surface area contributed by atoms with E-state index < -0.39 is 40.9 Å². The molecule has 4 aliphatic rings. The van der Waals surface area contributed by atoms with Crippen LogP contribution in [-0.2, 0) is 10.2 Å². The van der Waals surface area contributed by atoms with Crippen molar-refractivity contribution >= 4 is 23.2 Å². The maximum absolute atomic E-state index is 15.5. The van der Waals surface area contributed by atoms with E-state index in [2.05, 4.69) is 31.0 Å². The second kappa shape index (κ2) is 8.10. The molecule has 1 aromatic carbocycles. The highest BCUT2D eigenvalue weighted by Gasteiger charge is 2.69. The number of fused-ring (bicyclic) bond motifs is 2. The third-order valence-electron chi connectivity index (χ3n) is 8.48. The largest absolute Gasteiger partial charge is 0.388 e. The number of aliphatic hydroxyl groups is 1. The van der Waals surface area contributed by atoms with Crippen LogP contribution in [0.25, 0.3) is 0 Å². The fourth-order valence-electron chi connectivity index (χ4n) is 7.23. The molecule has 190 valence electrons. The van der Waals surface area contributed by atoms with Crippen molar-refractivity contribution in [2.24, 2.45) is 23.0 Å². The van der Waals surface area contributed by atoms with Gasteiger partial charge in [-0.2, -0.15) is 0 Å². The van der Waals surface area contributed by atoms with Crippen molar-refractivity contribution in [1.29, 1.82) is 0 Å². The standard InChI is InChI=1S/C27H34ClF2N3O2/c1-25(2,3)12-21-27(16-9-8-14(28)10-20(16)32-24(27)34)17(15-6-5-7-18(29)22(15)30)13-33(21)23-19(31)11-26(23,4)35/h5-10,15,17,19,21-23,35H,11-13,31H2,1-4H3,(H,32,34)/t15?,17-,19+,21-,22?,23?,26-,27-/m1/s1. The van der Waals surface area contributed by atoms with Gasteiger partial charge >= 0.3 is 0 Å². The van der Waals surface area contributed by atoms with Crippen LogP contribution in [0, 0.1) is 17.3 Å². The van der Waals surface area contributed by atoms with Gasteiger partial charge in [-0.3, -0.25) is 9.69 Å². The van der Waals surface area contributed by atoms with Crippen molar-refractivity contribution in [3.8, 4) is 0 Å². The summed E-state index contributed by atoms with van der Waals surface area (Å²) in [6.45, 7) is 8.37. The monoisotopic (exact) mass is 505 g/mol. The molecule has 0 aromatic heterocycles. The van der Waals surface area contributed by atoms with Crippen LogP contribution in [0.2, 0.25) is 5.02 Å². The molecular formula is C27H34ClF2N3O2. The van der Waals surface area contributed by atoms with E-state index >= 15 is 4.39 Å². The molecule has 0 bridgehead atoms. The van der Waals surface area contributed by atoms with E-state index in [1.54, 1.807) is 25.1 Å². The lowest BCUT2D eigenvalue weighted by molar-refractivity contribution is -0.133. The number of nitrogens with zero attached hydrogens (tertiary/aromatic N) is 1. The Hall–Kier alpha value is -1.80. The van der Waals surface area contributed by atoms with Gasteiger partial charge in [0.05, 0.1) is 17.1 Å². The van der Waals surface area contributed by atoms with E-state index in [0.29, 0.717) is 30.1 Å². The Morgan fingerprint density at radius 1 is 1.34 bits per heavy atom. The number of allylic oxidation sites excluding steroid dienone is 4. The molecule has 2 fully saturated rings. The van der Waals surface area contributed by atoms with Crippen molar-refractivity contribution in [2.45, 2.75) is 75.8 Å². The van der Waals surface area contributed by atoms with Gasteiger partial charge in [0.25, 0.3) is 0 Å². The molecule has 2 aliphatic carbocycles. The summed E-state index contributed by atoms with van der Waals surface area (Å²) in [5.41, 5.74) is 5.40. The number of hydrogen-bond donors (Lipinski definition) is 3. The zero-order chi connectivity index (χ0) is 25.5. The Balaban J connectivity index is 1.73. The van der Waals surface area contributed by atoms with Crippen LogP contribution in [0.15, 0.2) is 42.3 Å². The van der Waals surface area contributed by atoms with Crippen LogP contribution in [0.4, 0.5) is 14.5 Å². The van der Waals surface area contributed by atoms with Crippen molar-refractivity contribution in [1.82, 2.24) is 4.90 Å². The number of anilines is 1. The molecule has 1 saturated carbocycles. The van der Waals surface area contributed by atoms with Gasteiger partial charge in [-0.25, -0.2) is 8.78 Å². The molecule has 8 heteroatoms. The van der Waals surface area contributed by atoms with Crippen LogP contribution in [0.5, 0.6) is 0 Å². The molecular weight excluding hydrogens is 472 g/mol. The zero-order valence-electron chi connectivity index (χ0n) is 20.6. The molecule has 5 nitrogen and oxygen atoms in total. The highest BCUT2D eigenvalue weighted by atomic mass is 35.5. The molecule has 3 unspecified atom stereocenters. The predicted molar refractivity (Wildman–Crippen MR) is 134 cm³/mol. The van der Waals surface area contributed by atoms with Gasteiger partial charge in [-0.05, 0) is 49.0 Å². The van der Waals surface area contributed by atoms with E-state index in [1.165, 1.54) is 6.08 Å². The maximum Gasteiger partial charge on any atom is 0.237 e. The minimum Gasteiger partial charge on any atom is -0.388 e. The van der Waals surface area contributed by atoms with Gasteiger partial charge in [0, 0.05) is 41.2 Å². The van der Waals surface area contributed by atoms with Gasteiger partial charge in [0.2, 0.25) is 5.91 Å². The first-order valence-electron chi connectivity index (χ1n) is 12.3. The number of amides is 1. The normalized spacial score (nSPS) is 41.1. The number of hydrogen-bond acceptors (Lipinski definition) is 4. The van der Waals surface area contributed by atoms with Crippen LogP contribution in [-0.4, -0.2) is 52.4 Å². The maximum atomic E-state index is 15.5. The Labute approximate surface area is 210 Å². The summed E-state index contributed by atoms with van der Waals surface area (Å²) >= 11 is 6.26. The van der Waals surface area contributed by atoms with Crippen molar-refractivity contribution < 1.29 is 18.7 Å². The Bertz CT molecular complexity index is 1110. The highest BCUT2D eigenvalue weighted by Crippen LogP contribution is 2.59. The Morgan fingerprint density at radius 3 is 2.69 bits per heavy atom. The molecule has 5 rings (SSSR count). The molecule has 1 aromatic rings. The average molecular weight is 506 g/mol. The lowest BCUT2D eigenvalue weighted by Crippen LogP contribution is -2.72. The van der Waals surface area contributed by atoms with E-state index in [9.17, 15) is 14.3 Å². The summed E-state index contributed by atoms with van der Waals surface area (Å²) in [6.07, 6.45) is 3.55. The van der Waals surface area contributed by atoms with E-state index in [0.717, 1.165) is 11.6 Å². The average Bonchev–Trinajstić information content (AvgIpc) is 3.18. The number of rotatable bonds is 3. The minimum atomic E-state index is -1.85. The van der Waals surface area contributed by atoms with E-state index in [1.807, 2.05) is 6.07 Å². The molecule has 0 radical (unpaired) electrons. The van der Waals surface area contributed by atoms with Gasteiger partial charge in [-0.15, -0.1) is 0 Å². The smallest absolute Gasteiger partial charge is 0.237 e. The number of alkyl halides is 1. The van der Waals surface area contributed by atoms with Gasteiger partial charge in [0.15, 0.2) is 6.17 Å². The van der Waals surface area contributed by atoms with Crippen LogP contribution >= 0.6 is 11.6 Å². The number of nitrogens with two attached hydrogens (primary N) is 1. The first-order valence-corrected chi connectivity index (χ1v) is 12.7. The molecule has 2 aliphatic heterocycles. The number of carbonyl (C=O) groups is 1. The Morgan fingerprint density at radius 2 is 2.06 bits per heavy atom. The summed E-state index contributed by atoms with van der Waals surface area (Å²) in [5, 5.41) is 14.6. The third kappa shape index (κ3) is 3.69. The molecule has 1 amide bonds. The van der Waals surface area contributed by atoms with Crippen molar-refractivity contribution in [3.63, 3.8) is 0 Å². The number of likely N-dealkylation sites (tertiary alicyclic amines) is 1. The lowest BCUT2D eigenvalue weighted by Gasteiger charge is -2.55. The van der Waals surface area contributed by atoms with Gasteiger partial charge < -0.3 is 16.2 Å². The second-order valence-corrected chi connectivity index (χ2v) is 12.6. The predicted octanol–water partition coefficient (Wildman–Crippen LogP) is 4.49. The van der Waals surface area contributed by atoms with Crippen LogP contribution < -0.4 is 11.1 Å². The number of carbonyl (C=O) groups excluding carboxylic acids is 1.